The topological polar surface area (TPSA) is 95.9 Å². The molecule has 2 N–H and O–H groups in total. The van der Waals surface area contributed by atoms with Crippen LogP contribution in [0.5, 0.6) is 5.75 Å². The number of ketones is 1. The Morgan fingerprint density at radius 1 is 1.43 bits per heavy atom. The van der Waals surface area contributed by atoms with E-state index < -0.39 is 6.10 Å². The number of hydrogen-bond acceptors (Lipinski definition) is 5. The van der Waals surface area contributed by atoms with E-state index in [1.165, 1.54) is 4.90 Å². The monoisotopic (exact) mass is 320 g/mol. The first-order valence-electron chi connectivity index (χ1n) is 7.47. The minimum Gasteiger partial charge on any atom is -0.482 e. The van der Waals surface area contributed by atoms with E-state index in [2.05, 4.69) is 5.32 Å². The Kier molecular flexibility index (Phi) is 5.33. The van der Waals surface area contributed by atoms with E-state index in [0.717, 1.165) is 0 Å². The van der Waals surface area contributed by atoms with E-state index in [9.17, 15) is 19.5 Å². The van der Waals surface area contributed by atoms with Gasteiger partial charge in [0.2, 0.25) is 5.91 Å². The molecule has 1 aliphatic rings. The molecular formula is C16H20N2O5. The molecule has 0 aliphatic carbocycles. The van der Waals surface area contributed by atoms with Crippen molar-refractivity contribution in [2.75, 3.05) is 24.6 Å². The number of Topliss-reactive ketones (excluding diaryl/α,β-unsaturated/α-hetero) is 1. The van der Waals surface area contributed by atoms with Crippen molar-refractivity contribution in [2.24, 2.45) is 0 Å². The van der Waals surface area contributed by atoms with Crippen LogP contribution in [-0.4, -0.2) is 48.5 Å². The number of nitrogens with zero attached hydrogens (tertiary/aromatic N) is 1. The summed E-state index contributed by atoms with van der Waals surface area (Å²) < 4.78 is 5.34. The number of nitrogens with one attached hydrogen (secondary N) is 1. The van der Waals surface area contributed by atoms with Crippen LogP contribution >= 0.6 is 0 Å². The van der Waals surface area contributed by atoms with Gasteiger partial charge >= 0.3 is 0 Å². The second-order valence-corrected chi connectivity index (χ2v) is 5.38. The van der Waals surface area contributed by atoms with Crippen LogP contribution in [0.25, 0.3) is 0 Å². The van der Waals surface area contributed by atoms with Crippen molar-refractivity contribution in [2.45, 2.75) is 26.4 Å². The normalized spacial score (nSPS) is 14.7. The molecule has 2 amide bonds. The average Bonchev–Trinajstić information content (AvgIpc) is 2.54. The van der Waals surface area contributed by atoms with Crippen LogP contribution in [0.3, 0.4) is 0 Å². The SMILES string of the molecule is CCC(=O)c1ccc2c(c1)N(CC(=O)NCC(C)O)C(=O)CO2. The van der Waals surface area contributed by atoms with Gasteiger partial charge in [0.1, 0.15) is 12.3 Å². The Morgan fingerprint density at radius 2 is 2.17 bits per heavy atom. The average molecular weight is 320 g/mol. The lowest BCUT2D eigenvalue weighted by Crippen LogP contribution is -2.46. The van der Waals surface area contributed by atoms with Crippen LogP contribution in [0.1, 0.15) is 30.6 Å². The molecule has 7 heteroatoms. The van der Waals surface area contributed by atoms with Gasteiger partial charge in [0.15, 0.2) is 12.4 Å². The maximum Gasteiger partial charge on any atom is 0.265 e. The summed E-state index contributed by atoms with van der Waals surface area (Å²) in [7, 11) is 0. The molecule has 1 aliphatic heterocycles. The molecule has 0 aromatic heterocycles. The Hall–Kier alpha value is -2.41. The number of carbonyl (C=O) groups is 3. The Morgan fingerprint density at radius 3 is 2.83 bits per heavy atom. The summed E-state index contributed by atoms with van der Waals surface area (Å²) in [6.45, 7) is 3.07. The van der Waals surface area contributed by atoms with Crippen molar-refractivity contribution in [3.05, 3.63) is 23.8 Å². The van der Waals surface area contributed by atoms with Gasteiger partial charge in [0.05, 0.1) is 11.8 Å². The second kappa shape index (κ2) is 7.23. The molecule has 1 aromatic carbocycles. The fraction of sp³-hybridized carbons (Fsp3) is 0.438. The quantitative estimate of drug-likeness (QED) is 0.744. The zero-order valence-corrected chi connectivity index (χ0v) is 13.2. The first-order chi connectivity index (χ1) is 10.9. The minimum atomic E-state index is -0.666. The first-order valence-corrected chi connectivity index (χ1v) is 7.47. The van der Waals surface area contributed by atoms with Gasteiger partial charge in [-0.2, -0.15) is 0 Å². The zero-order valence-electron chi connectivity index (χ0n) is 13.2. The number of amides is 2. The van der Waals surface area contributed by atoms with Gasteiger partial charge in [-0.1, -0.05) is 6.92 Å². The lowest BCUT2D eigenvalue weighted by molar-refractivity contribution is -0.125. The molecule has 1 atom stereocenters. The van der Waals surface area contributed by atoms with Crippen molar-refractivity contribution >= 4 is 23.3 Å². The second-order valence-electron chi connectivity index (χ2n) is 5.38. The number of aliphatic hydroxyl groups excluding tert-OH is 1. The Bertz CT molecular complexity index is 627. The van der Waals surface area contributed by atoms with Gasteiger partial charge in [-0.25, -0.2) is 0 Å². The first kappa shape index (κ1) is 17.0. The largest absolute Gasteiger partial charge is 0.482 e. The zero-order chi connectivity index (χ0) is 17.0. The number of aliphatic hydroxyl groups is 1. The molecule has 0 radical (unpaired) electrons. The number of carbonyl (C=O) groups excluding carboxylic acids is 3. The molecule has 1 aromatic rings. The van der Waals surface area contributed by atoms with Crippen LogP contribution < -0.4 is 15.0 Å². The molecule has 0 fully saturated rings. The van der Waals surface area contributed by atoms with Gasteiger partial charge in [0.25, 0.3) is 5.91 Å². The van der Waals surface area contributed by atoms with Crippen molar-refractivity contribution < 1.29 is 24.2 Å². The molecule has 1 unspecified atom stereocenters. The maximum atomic E-state index is 12.1. The van der Waals surface area contributed by atoms with Crippen LogP contribution in [0.2, 0.25) is 0 Å². The van der Waals surface area contributed by atoms with E-state index >= 15 is 0 Å². The summed E-state index contributed by atoms with van der Waals surface area (Å²) in [6, 6.07) is 4.84. The number of rotatable bonds is 6. The third kappa shape index (κ3) is 4.07. The highest BCUT2D eigenvalue weighted by Crippen LogP contribution is 2.33. The van der Waals surface area contributed by atoms with Crippen molar-refractivity contribution in [1.29, 1.82) is 0 Å². The van der Waals surface area contributed by atoms with E-state index in [1.807, 2.05) is 0 Å². The smallest absolute Gasteiger partial charge is 0.265 e. The van der Waals surface area contributed by atoms with E-state index in [-0.39, 0.29) is 37.3 Å². The molecule has 2 rings (SSSR count). The van der Waals surface area contributed by atoms with Gasteiger partial charge in [-0.05, 0) is 25.1 Å². The van der Waals surface area contributed by atoms with Crippen molar-refractivity contribution in [1.82, 2.24) is 5.32 Å². The molecular weight excluding hydrogens is 300 g/mol. The van der Waals surface area contributed by atoms with Crippen LogP contribution in [0.4, 0.5) is 5.69 Å². The van der Waals surface area contributed by atoms with Crippen LogP contribution in [0, 0.1) is 0 Å². The number of fused-ring (bicyclic) bond motifs is 1. The Labute approximate surface area is 134 Å². The maximum absolute atomic E-state index is 12.1. The van der Waals surface area contributed by atoms with Gasteiger partial charge < -0.3 is 15.2 Å². The number of ether oxygens (including phenoxy) is 1. The highest BCUT2D eigenvalue weighted by Gasteiger charge is 2.28. The lowest BCUT2D eigenvalue weighted by atomic mass is 10.1. The predicted octanol–water partition coefficient (Wildman–Crippen LogP) is 0.502. The summed E-state index contributed by atoms with van der Waals surface area (Å²) >= 11 is 0. The third-order valence-electron chi connectivity index (χ3n) is 3.44. The molecule has 7 nitrogen and oxygen atoms in total. The number of hydrogen-bond donors (Lipinski definition) is 2. The highest BCUT2D eigenvalue weighted by atomic mass is 16.5. The third-order valence-corrected chi connectivity index (χ3v) is 3.44. The summed E-state index contributed by atoms with van der Waals surface area (Å²) in [5.41, 5.74) is 0.881. The van der Waals surface area contributed by atoms with Crippen LogP contribution in [0.15, 0.2) is 18.2 Å². The van der Waals surface area contributed by atoms with Crippen molar-refractivity contribution in [3.8, 4) is 5.75 Å². The fourth-order valence-corrected chi connectivity index (χ4v) is 2.21. The summed E-state index contributed by atoms with van der Waals surface area (Å²) in [6.07, 6.45) is -0.317. The summed E-state index contributed by atoms with van der Waals surface area (Å²) in [4.78, 5) is 37.1. The molecule has 0 saturated carbocycles. The molecule has 124 valence electrons. The Balaban J connectivity index is 2.22. The number of benzene rings is 1. The van der Waals surface area contributed by atoms with E-state index in [1.54, 1.807) is 32.0 Å². The standard InChI is InChI=1S/C16H20N2O5/c1-3-13(20)11-4-5-14-12(6-11)18(16(22)9-23-14)8-15(21)17-7-10(2)19/h4-6,10,19H,3,7-9H2,1-2H3,(H,17,21). The number of anilines is 1. The van der Waals surface area contributed by atoms with E-state index in [0.29, 0.717) is 23.4 Å². The van der Waals surface area contributed by atoms with Crippen LogP contribution in [-0.2, 0) is 9.59 Å². The van der Waals surface area contributed by atoms with Gasteiger partial charge in [-0.15, -0.1) is 0 Å². The molecule has 0 bridgehead atoms. The molecule has 23 heavy (non-hydrogen) atoms. The van der Waals surface area contributed by atoms with Gasteiger partial charge in [0, 0.05) is 18.5 Å². The molecule has 0 saturated heterocycles. The van der Waals surface area contributed by atoms with Gasteiger partial charge in [-0.3, -0.25) is 19.3 Å². The highest BCUT2D eigenvalue weighted by molar-refractivity contribution is 6.04. The van der Waals surface area contributed by atoms with E-state index in [4.69, 9.17) is 4.74 Å². The summed E-state index contributed by atoms with van der Waals surface area (Å²) in [5.74, 6) is -0.338. The van der Waals surface area contributed by atoms with Crippen molar-refractivity contribution in [3.63, 3.8) is 0 Å². The molecule has 0 spiro atoms. The predicted molar refractivity (Wildman–Crippen MR) is 83.6 cm³/mol. The fourth-order valence-electron chi connectivity index (χ4n) is 2.21. The lowest BCUT2D eigenvalue weighted by Gasteiger charge is -2.29. The molecule has 1 heterocycles. The minimum absolute atomic E-state index is 0.0515. The summed E-state index contributed by atoms with van der Waals surface area (Å²) in [5, 5.41) is 11.7.